The molecule has 1 unspecified atom stereocenters. The number of hydrogen-bond donors (Lipinski definition) is 1. The van der Waals surface area contributed by atoms with Crippen molar-refractivity contribution in [3.63, 3.8) is 0 Å². The van der Waals surface area contributed by atoms with E-state index in [0.717, 1.165) is 19.4 Å². The van der Waals surface area contributed by atoms with Crippen molar-refractivity contribution < 1.29 is 19.0 Å². The van der Waals surface area contributed by atoms with Crippen LogP contribution < -0.4 is 5.32 Å². The van der Waals surface area contributed by atoms with E-state index >= 15 is 0 Å². The molecule has 0 spiro atoms. The molecule has 0 aromatic rings. The van der Waals surface area contributed by atoms with E-state index in [4.69, 9.17) is 14.2 Å². The summed E-state index contributed by atoms with van der Waals surface area (Å²) >= 11 is 0. The molecule has 1 aliphatic heterocycles. The first kappa shape index (κ1) is 15.7. The van der Waals surface area contributed by atoms with Gasteiger partial charge in [-0.3, -0.25) is 4.79 Å². The van der Waals surface area contributed by atoms with E-state index in [-0.39, 0.29) is 12.0 Å². The second-order valence-corrected chi connectivity index (χ2v) is 5.76. The Balaban J connectivity index is 1.85. The number of nitrogens with one attached hydrogen (secondary N) is 1. The lowest BCUT2D eigenvalue weighted by atomic mass is 9.83. The van der Waals surface area contributed by atoms with E-state index in [2.05, 4.69) is 5.32 Å². The summed E-state index contributed by atoms with van der Waals surface area (Å²) in [6.07, 6.45) is 5.97. The molecule has 5 heteroatoms. The first-order chi connectivity index (χ1) is 9.81. The Labute approximate surface area is 121 Å². The van der Waals surface area contributed by atoms with Crippen LogP contribution in [0.4, 0.5) is 0 Å². The normalized spacial score (nSPS) is 23.4. The minimum atomic E-state index is -0.169. The highest BCUT2D eigenvalue weighted by molar-refractivity contribution is 5.76. The molecule has 20 heavy (non-hydrogen) atoms. The monoisotopic (exact) mass is 285 g/mol. The van der Waals surface area contributed by atoms with Gasteiger partial charge in [0.25, 0.3) is 0 Å². The van der Waals surface area contributed by atoms with Gasteiger partial charge in [0.2, 0.25) is 0 Å². The summed E-state index contributed by atoms with van der Waals surface area (Å²) in [4.78, 5) is 12.2. The van der Waals surface area contributed by atoms with E-state index in [0.29, 0.717) is 38.4 Å². The molecule has 1 N–H and O–H groups in total. The molecule has 1 saturated carbocycles. The van der Waals surface area contributed by atoms with Crippen molar-refractivity contribution in [1.29, 1.82) is 0 Å². The molecule has 1 atom stereocenters. The van der Waals surface area contributed by atoms with Gasteiger partial charge in [-0.15, -0.1) is 0 Å². The Morgan fingerprint density at radius 1 is 1.25 bits per heavy atom. The van der Waals surface area contributed by atoms with Crippen LogP contribution >= 0.6 is 0 Å². The molecule has 0 bridgehead atoms. The summed E-state index contributed by atoms with van der Waals surface area (Å²) in [7, 11) is 0. The van der Waals surface area contributed by atoms with Crippen LogP contribution in [0.25, 0.3) is 0 Å². The predicted octanol–water partition coefficient (Wildman–Crippen LogP) is 1.71. The molecule has 116 valence electrons. The van der Waals surface area contributed by atoms with Gasteiger partial charge in [-0.25, -0.2) is 0 Å². The molecule has 0 amide bonds. The van der Waals surface area contributed by atoms with Gasteiger partial charge in [-0.1, -0.05) is 19.3 Å². The van der Waals surface area contributed by atoms with Crippen LogP contribution in [0, 0.1) is 11.8 Å². The van der Waals surface area contributed by atoms with Gasteiger partial charge in [-0.2, -0.15) is 0 Å². The van der Waals surface area contributed by atoms with Crippen molar-refractivity contribution >= 4 is 5.97 Å². The highest BCUT2D eigenvalue weighted by Crippen LogP contribution is 2.27. The molecule has 2 rings (SSSR count). The van der Waals surface area contributed by atoms with E-state index in [1.807, 2.05) is 6.92 Å². The highest BCUT2D eigenvalue weighted by Gasteiger charge is 2.31. The van der Waals surface area contributed by atoms with E-state index in [1.165, 1.54) is 19.3 Å². The van der Waals surface area contributed by atoms with E-state index < -0.39 is 0 Å². The van der Waals surface area contributed by atoms with Crippen molar-refractivity contribution in [2.45, 2.75) is 45.1 Å². The summed E-state index contributed by atoms with van der Waals surface area (Å²) in [5, 5.41) is 3.41. The molecular weight excluding hydrogens is 258 g/mol. The van der Waals surface area contributed by atoms with Crippen LogP contribution in [-0.2, 0) is 19.0 Å². The summed E-state index contributed by atoms with van der Waals surface area (Å²) in [5.74, 6) is 0.634. The highest BCUT2D eigenvalue weighted by atomic mass is 16.7. The van der Waals surface area contributed by atoms with E-state index in [1.54, 1.807) is 0 Å². The maximum absolute atomic E-state index is 12.2. The third-order valence-electron chi connectivity index (χ3n) is 4.16. The van der Waals surface area contributed by atoms with Crippen LogP contribution in [-0.4, -0.2) is 45.2 Å². The SMILES string of the molecule is CCOC(=O)C(NCC1COCOC1)C1CCCCC1. The number of hydrogen-bond acceptors (Lipinski definition) is 5. The standard InChI is InChI=1S/C15H27NO4/c1-2-20-15(17)14(13-6-4-3-5-7-13)16-8-12-9-18-11-19-10-12/h12-14,16H,2-11H2,1H3. The van der Waals surface area contributed by atoms with Crippen molar-refractivity contribution in [3.8, 4) is 0 Å². The number of esters is 1. The molecule has 1 saturated heterocycles. The van der Waals surface area contributed by atoms with Gasteiger partial charge in [0.1, 0.15) is 12.8 Å². The minimum Gasteiger partial charge on any atom is -0.465 e. The Morgan fingerprint density at radius 2 is 1.95 bits per heavy atom. The number of ether oxygens (including phenoxy) is 3. The van der Waals surface area contributed by atoms with Gasteiger partial charge in [0.05, 0.1) is 19.8 Å². The predicted molar refractivity (Wildman–Crippen MR) is 75.3 cm³/mol. The topological polar surface area (TPSA) is 56.8 Å². The van der Waals surface area contributed by atoms with Crippen molar-refractivity contribution in [2.75, 3.05) is 33.2 Å². The zero-order valence-electron chi connectivity index (χ0n) is 12.4. The molecule has 5 nitrogen and oxygen atoms in total. The fourth-order valence-corrected chi connectivity index (χ4v) is 3.09. The molecule has 0 aromatic heterocycles. The maximum Gasteiger partial charge on any atom is 0.323 e. The molecular formula is C15H27NO4. The quantitative estimate of drug-likeness (QED) is 0.753. The zero-order valence-corrected chi connectivity index (χ0v) is 12.4. The summed E-state index contributed by atoms with van der Waals surface area (Å²) in [6.45, 7) is 4.85. The van der Waals surface area contributed by atoms with Crippen molar-refractivity contribution in [2.24, 2.45) is 11.8 Å². The van der Waals surface area contributed by atoms with Gasteiger partial charge in [0, 0.05) is 12.5 Å². The first-order valence-electron chi connectivity index (χ1n) is 7.86. The lowest BCUT2D eigenvalue weighted by Crippen LogP contribution is -2.47. The average Bonchev–Trinajstić information content (AvgIpc) is 2.50. The smallest absolute Gasteiger partial charge is 0.323 e. The Bertz CT molecular complexity index is 286. The average molecular weight is 285 g/mol. The molecule has 0 aromatic carbocycles. The summed E-state index contributed by atoms with van der Waals surface area (Å²) in [6, 6.07) is -0.169. The fraction of sp³-hybridized carbons (Fsp3) is 0.933. The molecule has 1 aliphatic carbocycles. The molecule has 2 aliphatic rings. The summed E-state index contributed by atoms with van der Waals surface area (Å²) < 4.78 is 15.8. The number of rotatable bonds is 6. The second kappa shape index (κ2) is 8.60. The van der Waals surface area contributed by atoms with Crippen LogP contribution in [0.1, 0.15) is 39.0 Å². The maximum atomic E-state index is 12.2. The Hall–Kier alpha value is -0.650. The van der Waals surface area contributed by atoms with Crippen LogP contribution in [0.5, 0.6) is 0 Å². The minimum absolute atomic E-state index is 0.1000. The Morgan fingerprint density at radius 3 is 2.60 bits per heavy atom. The Kier molecular flexibility index (Phi) is 6.76. The van der Waals surface area contributed by atoms with Gasteiger partial charge >= 0.3 is 5.97 Å². The summed E-state index contributed by atoms with van der Waals surface area (Å²) in [5.41, 5.74) is 0. The lowest BCUT2D eigenvalue weighted by Gasteiger charge is -2.31. The van der Waals surface area contributed by atoms with Crippen molar-refractivity contribution in [1.82, 2.24) is 5.32 Å². The number of carbonyl (C=O) groups is 1. The zero-order chi connectivity index (χ0) is 14.2. The molecule has 1 heterocycles. The van der Waals surface area contributed by atoms with E-state index in [9.17, 15) is 4.79 Å². The molecule has 2 fully saturated rings. The van der Waals surface area contributed by atoms with Gasteiger partial charge < -0.3 is 19.5 Å². The third-order valence-corrected chi connectivity index (χ3v) is 4.16. The van der Waals surface area contributed by atoms with Gasteiger partial charge in [0.15, 0.2) is 0 Å². The molecule has 0 radical (unpaired) electrons. The van der Waals surface area contributed by atoms with Crippen LogP contribution in [0.2, 0.25) is 0 Å². The third kappa shape index (κ3) is 4.72. The largest absolute Gasteiger partial charge is 0.465 e. The number of carbonyl (C=O) groups excluding carboxylic acids is 1. The lowest BCUT2D eigenvalue weighted by molar-refractivity contribution is -0.148. The fourth-order valence-electron chi connectivity index (χ4n) is 3.09. The first-order valence-corrected chi connectivity index (χ1v) is 7.86. The van der Waals surface area contributed by atoms with Gasteiger partial charge in [-0.05, 0) is 25.7 Å². The van der Waals surface area contributed by atoms with Crippen molar-refractivity contribution in [3.05, 3.63) is 0 Å². The van der Waals surface area contributed by atoms with Crippen LogP contribution in [0.3, 0.4) is 0 Å². The van der Waals surface area contributed by atoms with Crippen LogP contribution in [0.15, 0.2) is 0 Å². The second-order valence-electron chi connectivity index (χ2n) is 5.76.